The summed E-state index contributed by atoms with van der Waals surface area (Å²) >= 11 is 5.90. The summed E-state index contributed by atoms with van der Waals surface area (Å²) in [6.45, 7) is 4.00. The molecule has 0 spiro atoms. The van der Waals surface area contributed by atoms with Crippen molar-refractivity contribution in [1.29, 1.82) is 0 Å². The number of isocyanates is 1. The molecule has 0 N–H and O–H groups in total. The Morgan fingerprint density at radius 2 is 2.08 bits per heavy atom. The van der Waals surface area contributed by atoms with Gasteiger partial charge in [-0.2, -0.15) is 4.99 Å². The fourth-order valence-electron chi connectivity index (χ4n) is 1.16. The van der Waals surface area contributed by atoms with E-state index in [9.17, 15) is 4.79 Å². The molecule has 0 aromatic heterocycles. The van der Waals surface area contributed by atoms with Crippen LogP contribution in [0, 0.1) is 11.8 Å². The third kappa shape index (κ3) is 1.66. The Labute approximate surface area is 76.6 Å². The highest BCUT2D eigenvalue weighted by atomic mass is 35.5. The van der Waals surface area contributed by atoms with Crippen LogP contribution in [0.4, 0.5) is 0 Å². The smallest absolute Gasteiger partial charge is 0.211 e. The van der Waals surface area contributed by atoms with Crippen molar-refractivity contribution in [3.05, 3.63) is 22.9 Å². The van der Waals surface area contributed by atoms with Crippen molar-refractivity contribution >= 4 is 17.7 Å². The van der Waals surface area contributed by atoms with E-state index >= 15 is 0 Å². The predicted molar refractivity (Wildman–Crippen MR) is 48.5 cm³/mol. The van der Waals surface area contributed by atoms with Crippen molar-refractivity contribution in [3.8, 4) is 0 Å². The maximum absolute atomic E-state index is 10.0. The van der Waals surface area contributed by atoms with E-state index in [2.05, 4.69) is 4.99 Å². The number of carbonyl (C=O) groups excluding carboxylic acids is 1. The van der Waals surface area contributed by atoms with Crippen LogP contribution < -0.4 is 0 Å². The Morgan fingerprint density at radius 3 is 2.67 bits per heavy atom. The van der Waals surface area contributed by atoms with Crippen LogP contribution >= 0.6 is 11.6 Å². The summed E-state index contributed by atoms with van der Waals surface area (Å²) in [7, 11) is 0. The average molecular weight is 184 g/mol. The zero-order chi connectivity index (χ0) is 9.14. The van der Waals surface area contributed by atoms with Gasteiger partial charge in [-0.25, -0.2) is 4.79 Å². The molecule has 12 heavy (non-hydrogen) atoms. The lowest BCUT2D eigenvalue weighted by molar-refractivity contribution is 0.506. The number of rotatable bonds is 1. The monoisotopic (exact) mass is 183 g/mol. The standard InChI is InChI=1S/C9H10ClNO/c1-6-7(2)9(11-5-12)4-3-8(6)10/h3-4,6-7H,1-2H3. The highest BCUT2D eigenvalue weighted by molar-refractivity contribution is 6.30. The van der Waals surface area contributed by atoms with Gasteiger partial charge >= 0.3 is 0 Å². The summed E-state index contributed by atoms with van der Waals surface area (Å²) in [5, 5.41) is 0.812. The largest absolute Gasteiger partial charge is 0.240 e. The van der Waals surface area contributed by atoms with Crippen LogP contribution in [0.1, 0.15) is 13.8 Å². The second kappa shape index (κ2) is 3.70. The first-order valence-corrected chi connectivity index (χ1v) is 4.19. The maximum atomic E-state index is 10.0. The van der Waals surface area contributed by atoms with E-state index in [1.54, 1.807) is 12.2 Å². The Balaban J connectivity index is 2.96. The molecule has 1 rings (SSSR count). The quantitative estimate of drug-likeness (QED) is 0.454. The molecular weight excluding hydrogens is 174 g/mol. The van der Waals surface area contributed by atoms with Crippen LogP contribution in [-0.4, -0.2) is 6.08 Å². The molecular formula is C9H10ClNO. The Morgan fingerprint density at radius 1 is 1.42 bits per heavy atom. The van der Waals surface area contributed by atoms with Crippen molar-refractivity contribution in [2.45, 2.75) is 13.8 Å². The topological polar surface area (TPSA) is 29.4 Å². The molecule has 0 bridgehead atoms. The minimum Gasteiger partial charge on any atom is -0.211 e. The summed E-state index contributed by atoms with van der Waals surface area (Å²) < 4.78 is 0. The van der Waals surface area contributed by atoms with Gasteiger partial charge in [0.05, 0.1) is 5.70 Å². The van der Waals surface area contributed by atoms with Gasteiger partial charge in [0.2, 0.25) is 6.08 Å². The summed E-state index contributed by atoms with van der Waals surface area (Å²) in [4.78, 5) is 13.6. The molecule has 0 aromatic carbocycles. The molecule has 0 heterocycles. The van der Waals surface area contributed by atoms with E-state index in [-0.39, 0.29) is 11.8 Å². The third-order valence-electron chi connectivity index (χ3n) is 2.24. The van der Waals surface area contributed by atoms with E-state index in [4.69, 9.17) is 11.6 Å². The number of allylic oxidation sites excluding steroid dienone is 4. The van der Waals surface area contributed by atoms with Crippen molar-refractivity contribution in [2.24, 2.45) is 16.8 Å². The van der Waals surface area contributed by atoms with Crippen molar-refractivity contribution in [2.75, 3.05) is 0 Å². The molecule has 0 radical (unpaired) electrons. The molecule has 3 heteroatoms. The lowest BCUT2D eigenvalue weighted by Gasteiger charge is -2.22. The summed E-state index contributed by atoms with van der Waals surface area (Å²) in [6.07, 6.45) is 5.08. The molecule has 1 aliphatic rings. The first-order valence-electron chi connectivity index (χ1n) is 3.82. The fraction of sp³-hybridized carbons (Fsp3) is 0.444. The molecule has 2 unspecified atom stereocenters. The molecule has 1 aliphatic carbocycles. The molecule has 0 fully saturated rings. The van der Waals surface area contributed by atoms with Crippen molar-refractivity contribution < 1.29 is 4.79 Å². The summed E-state index contributed by atoms with van der Waals surface area (Å²) in [5.41, 5.74) is 0.752. The maximum Gasteiger partial charge on any atom is 0.240 e. The van der Waals surface area contributed by atoms with Gasteiger partial charge < -0.3 is 0 Å². The van der Waals surface area contributed by atoms with Crippen LogP contribution in [0.15, 0.2) is 27.9 Å². The van der Waals surface area contributed by atoms with Gasteiger partial charge in [0, 0.05) is 11.0 Å². The average Bonchev–Trinajstić information content (AvgIpc) is 2.07. The van der Waals surface area contributed by atoms with Crippen LogP contribution in [0.25, 0.3) is 0 Å². The first kappa shape index (κ1) is 9.24. The zero-order valence-corrected chi connectivity index (χ0v) is 7.80. The van der Waals surface area contributed by atoms with E-state index in [1.807, 2.05) is 13.8 Å². The van der Waals surface area contributed by atoms with Crippen LogP contribution in [0.3, 0.4) is 0 Å². The molecule has 0 saturated heterocycles. The predicted octanol–water partition coefficient (Wildman–Crippen LogP) is 2.61. The number of aliphatic imine (C=N–C) groups is 1. The van der Waals surface area contributed by atoms with Crippen LogP contribution in [-0.2, 0) is 4.79 Å². The first-order chi connectivity index (χ1) is 5.66. The number of halogens is 1. The normalized spacial score (nSPS) is 28.6. The van der Waals surface area contributed by atoms with Gasteiger partial charge in [0.1, 0.15) is 0 Å². The van der Waals surface area contributed by atoms with Gasteiger partial charge in [0.15, 0.2) is 0 Å². The Hall–Kier alpha value is -0.850. The van der Waals surface area contributed by atoms with E-state index in [1.165, 1.54) is 6.08 Å². The minimum absolute atomic E-state index is 0.198. The molecule has 2 nitrogen and oxygen atoms in total. The molecule has 0 aliphatic heterocycles. The van der Waals surface area contributed by atoms with Crippen LogP contribution in [0.2, 0.25) is 0 Å². The van der Waals surface area contributed by atoms with Crippen molar-refractivity contribution in [1.82, 2.24) is 0 Å². The van der Waals surface area contributed by atoms with Gasteiger partial charge in [-0.1, -0.05) is 25.4 Å². The summed E-state index contributed by atoms with van der Waals surface area (Å²) in [5.74, 6) is 0.438. The van der Waals surface area contributed by atoms with Crippen LogP contribution in [0.5, 0.6) is 0 Å². The Kier molecular flexibility index (Phi) is 2.85. The lowest BCUT2D eigenvalue weighted by atomic mass is 9.89. The van der Waals surface area contributed by atoms with Gasteiger partial charge in [-0.05, 0) is 18.1 Å². The van der Waals surface area contributed by atoms with E-state index < -0.39 is 0 Å². The third-order valence-corrected chi connectivity index (χ3v) is 2.71. The molecule has 0 amide bonds. The van der Waals surface area contributed by atoms with Crippen molar-refractivity contribution in [3.63, 3.8) is 0 Å². The fourth-order valence-corrected chi connectivity index (χ4v) is 1.41. The zero-order valence-electron chi connectivity index (χ0n) is 7.04. The summed E-state index contributed by atoms with van der Waals surface area (Å²) in [6, 6.07) is 0. The molecule has 64 valence electrons. The number of nitrogens with zero attached hydrogens (tertiary/aromatic N) is 1. The van der Waals surface area contributed by atoms with Gasteiger partial charge in [-0.15, -0.1) is 0 Å². The molecule has 2 atom stereocenters. The second-order valence-electron chi connectivity index (χ2n) is 2.92. The minimum atomic E-state index is 0.198. The van der Waals surface area contributed by atoms with Gasteiger partial charge in [-0.3, -0.25) is 0 Å². The SMILES string of the molecule is CC1C(Cl)=CC=C(N=C=O)C1C. The molecule has 0 aromatic rings. The Bertz CT molecular complexity index is 287. The highest BCUT2D eigenvalue weighted by Crippen LogP contribution is 2.32. The van der Waals surface area contributed by atoms with Gasteiger partial charge in [0.25, 0.3) is 0 Å². The van der Waals surface area contributed by atoms with E-state index in [0.29, 0.717) is 0 Å². The lowest BCUT2D eigenvalue weighted by Crippen LogP contribution is -2.12. The van der Waals surface area contributed by atoms with E-state index in [0.717, 1.165) is 10.7 Å². The second-order valence-corrected chi connectivity index (χ2v) is 3.36. The number of hydrogen-bond donors (Lipinski definition) is 0. The number of hydrogen-bond acceptors (Lipinski definition) is 2. The molecule has 0 saturated carbocycles. The highest BCUT2D eigenvalue weighted by Gasteiger charge is 2.21.